The number of anilines is 1. The van der Waals surface area contributed by atoms with Crippen molar-refractivity contribution in [1.29, 1.82) is 0 Å². The van der Waals surface area contributed by atoms with Crippen molar-refractivity contribution in [3.8, 4) is 0 Å². The largest absolute Gasteiger partial charge is 0.394 e. The summed E-state index contributed by atoms with van der Waals surface area (Å²) in [6, 6.07) is 8.15. The number of carbonyl (C=O) groups excluding carboxylic acids is 1. The Hall–Kier alpha value is -2.14. The van der Waals surface area contributed by atoms with Gasteiger partial charge in [0.05, 0.1) is 24.4 Å². The summed E-state index contributed by atoms with van der Waals surface area (Å²) in [6.45, 7) is 8.15. The summed E-state index contributed by atoms with van der Waals surface area (Å²) in [5.74, 6) is -0.153. The smallest absolute Gasteiger partial charge is 0.275 e. The van der Waals surface area contributed by atoms with Gasteiger partial charge in [0.15, 0.2) is 0 Å². The molecule has 0 spiro atoms. The fraction of sp³-hybridized carbons (Fsp3) is 0.412. The van der Waals surface area contributed by atoms with Gasteiger partial charge in [0.2, 0.25) is 0 Å². The van der Waals surface area contributed by atoms with Gasteiger partial charge in [-0.25, -0.2) is 5.01 Å². The second-order valence-electron chi connectivity index (χ2n) is 5.16. The van der Waals surface area contributed by atoms with E-state index in [0.717, 1.165) is 18.7 Å². The van der Waals surface area contributed by atoms with Crippen LogP contribution in [-0.2, 0) is 4.79 Å². The van der Waals surface area contributed by atoms with Crippen LogP contribution in [0.4, 0.5) is 5.69 Å². The monoisotopic (exact) mass is 301 g/mol. The Morgan fingerprint density at radius 2 is 1.86 bits per heavy atom. The fourth-order valence-electron chi connectivity index (χ4n) is 2.52. The van der Waals surface area contributed by atoms with E-state index in [0.29, 0.717) is 11.3 Å². The highest BCUT2D eigenvalue weighted by atomic mass is 16.3. The minimum atomic E-state index is -0.153. The van der Waals surface area contributed by atoms with E-state index in [1.165, 1.54) is 10.7 Å². The third kappa shape index (κ3) is 3.36. The highest BCUT2D eigenvalue weighted by Gasteiger charge is 2.26. The van der Waals surface area contributed by atoms with Gasteiger partial charge in [-0.1, -0.05) is 12.1 Å². The van der Waals surface area contributed by atoms with Crippen LogP contribution in [-0.4, -0.2) is 48.0 Å². The number of amides is 1. The summed E-state index contributed by atoms with van der Waals surface area (Å²) in [6.07, 6.45) is 1.85. The maximum atomic E-state index is 12.2. The summed E-state index contributed by atoms with van der Waals surface area (Å²) < 4.78 is 0. The molecule has 22 heavy (non-hydrogen) atoms. The molecule has 1 aliphatic heterocycles. The van der Waals surface area contributed by atoms with Crippen LogP contribution in [0.2, 0.25) is 0 Å². The molecule has 118 valence electrons. The van der Waals surface area contributed by atoms with E-state index in [2.05, 4.69) is 36.0 Å². The van der Waals surface area contributed by atoms with Crippen molar-refractivity contribution in [3.05, 3.63) is 35.4 Å². The zero-order valence-electron chi connectivity index (χ0n) is 13.4. The number of rotatable bonds is 6. The maximum Gasteiger partial charge on any atom is 0.275 e. The van der Waals surface area contributed by atoms with Gasteiger partial charge in [0.1, 0.15) is 0 Å². The van der Waals surface area contributed by atoms with Gasteiger partial charge in [0.25, 0.3) is 5.91 Å². The van der Waals surface area contributed by atoms with Gasteiger partial charge in [-0.15, -0.1) is 0 Å². The molecule has 0 aromatic heterocycles. The van der Waals surface area contributed by atoms with Crippen molar-refractivity contribution in [2.45, 2.75) is 20.8 Å². The first kappa shape index (κ1) is 16.2. The first-order valence-electron chi connectivity index (χ1n) is 7.65. The van der Waals surface area contributed by atoms with Crippen molar-refractivity contribution in [1.82, 2.24) is 5.01 Å². The Morgan fingerprint density at radius 1 is 1.23 bits per heavy atom. The molecule has 1 aliphatic rings. The molecule has 0 saturated heterocycles. The Kier molecular flexibility index (Phi) is 5.33. The third-order valence-electron chi connectivity index (χ3n) is 3.77. The normalized spacial score (nSPS) is 16.4. The van der Waals surface area contributed by atoms with Crippen LogP contribution in [0.1, 0.15) is 26.3 Å². The zero-order valence-corrected chi connectivity index (χ0v) is 13.4. The molecule has 0 fully saturated rings. The second-order valence-corrected chi connectivity index (χ2v) is 5.16. The van der Waals surface area contributed by atoms with Crippen LogP contribution in [0.25, 0.3) is 6.08 Å². The molecule has 1 aromatic rings. The van der Waals surface area contributed by atoms with E-state index in [1.807, 2.05) is 25.1 Å². The average Bonchev–Trinajstić information content (AvgIpc) is 2.78. The number of hydrogen-bond acceptors (Lipinski definition) is 4. The predicted molar refractivity (Wildman–Crippen MR) is 89.9 cm³/mol. The summed E-state index contributed by atoms with van der Waals surface area (Å²) in [5, 5.41) is 14.4. The lowest BCUT2D eigenvalue weighted by molar-refractivity contribution is -0.126. The molecular formula is C17H23N3O2. The topological polar surface area (TPSA) is 56.1 Å². The van der Waals surface area contributed by atoms with E-state index in [9.17, 15) is 4.79 Å². The van der Waals surface area contributed by atoms with Crippen molar-refractivity contribution < 1.29 is 9.90 Å². The lowest BCUT2D eigenvalue weighted by atomic mass is 10.1. The van der Waals surface area contributed by atoms with E-state index in [4.69, 9.17) is 5.11 Å². The highest BCUT2D eigenvalue weighted by Crippen LogP contribution is 2.20. The quantitative estimate of drug-likeness (QED) is 0.819. The molecule has 5 heteroatoms. The lowest BCUT2D eigenvalue weighted by Gasteiger charge is -2.20. The minimum absolute atomic E-state index is 0.0889. The zero-order chi connectivity index (χ0) is 16.1. The molecule has 1 amide bonds. The van der Waals surface area contributed by atoms with E-state index in [-0.39, 0.29) is 19.1 Å². The van der Waals surface area contributed by atoms with Crippen LogP contribution >= 0.6 is 0 Å². The SMILES string of the molecule is CCN(CC)c1ccc(/C=C2\C(=O)N(CCO)N=C2C)cc1. The van der Waals surface area contributed by atoms with Gasteiger partial charge in [0, 0.05) is 18.8 Å². The number of aliphatic hydroxyl groups excluding tert-OH is 1. The number of hydrogen-bond donors (Lipinski definition) is 1. The number of hydrazone groups is 1. The second kappa shape index (κ2) is 7.22. The molecule has 1 heterocycles. The molecule has 0 saturated carbocycles. The standard InChI is InChI=1S/C17H23N3O2/c1-4-19(5-2)15-8-6-14(7-9-15)12-16-13(3)18-20(10-11-21)17(16)22/h6-9,12,21H,4-5,10-11H2,1-3H3/b16-12-. The van der Waals surface area contributed by atoms with Crippen LogP contribution in [0, 0.1) is 0 Å². The van der Waals surface area contributed by atoms with E-state index in [1.54, 1.807) is 0 Å². The first-order valence-corrected chi connectivity index (χ1v) is 7.65. The summed E-state index contributed by atoms with van der Waals surface area (Å²) in [5.41, 5.74) is 3.42. The lowest BCUT2D eigenvalue weighted by Crippen LogP contribution is -2.25. The van der Waals surface area contributed by atoms with E-state index >= 15 is 0 Å². The Balaban J connectivity index is 2.20. The van der Waals surface area contributed by atoms with Gasteiger partial charge in [-0.2, -0.15) is 5.10 Å². The molecular weight excluding hydrogens is 278 g/mol. The number of benzene rings is 1. The molecule has 0 unspecified atom stereocenters. The Bertz CT molecular complexity index is 586. The van der Waals surface area contributed by atoms with Crippen molar-refractivity contribution >= 4 is 23.4 Å². The van der Waals surface area contributed by atoms with Gasteiger partial charge < -0.3 is 10.0 Å². The number of β-amino-alcohol motifs (C(OH)–C–C–N with tert-alkyl or cyclic N) is 1. The predicted octanol–water partition coefficient (Wildman–Crippen LogP) is 2.13. The Labute approximate surface area is 131 Å². The number of carbonyl (C=O) groups is 1. The summed E-state index contributed by atoms with van der Waals surface area (Å²) in [7, 11) is 0. The molecule has 0 radical (unpaired) electrons. The molecule has 2 rings (SSSR count). The highest BCUT2D eigenvalue weighted by molar-refractivity contribution is 6.26. The molecule has 1 aromatic carbocycles. The van der Waals surface area contributed by atoms with Crippen molar-refractivity contribution in [2.75, 3.05) is 31.1 Å². The molecule has 0 aliphatic carbocycles. The third-order valence-corrected chi connectivity index (χ3v) is 3.77. The van der Waals surface area contributed by atoms with Gasteiger partial charge >= 0.3 is 0 Å². The molecule has 0 bridgehead atoms. The maximum absolute atomic E-state index is 12.2. The Morgan fingerprint density at radius 3 is 2.41 bits per heavy atom. The van der Waals surface area contributed by atoms with Crippen LogP contribution < -0.4 is 4.90 Å². The van der Waals surface area contributed by atoms with Gasteiger partial charge in [-0.05, 0) is 44.5 Å². The van der Waals surface area contributed by atoms with E-state index < -0.39 is 0 Å². The number of aliphatic hydroxyl groups is 1. The molecule has 1 N–H and O–H groups in total. The first-order chi connectivity index (χ1) is 10.6. The average molecular weight is 301 g/mol. The van der Waals surface area contributed by atoms with Crippen molar-refractivity contribution in [2.24, 2.45) is 5.10 Å². The van der Waals surface area contributed by atoms with Crippen LogP contribution in [0.5, 0.6) is 0 Å². The van der Waals surface area contributed by atoms with Crippen LogP contribution in [0.3, 0.4) is 0 Å². The summed E-state index contributed by atoms with van der Waals surface area (Å²) in [4.78, 5) is 14.5. The molecule has 0 atom stereocenters. The van der Waals surface area contributed by atoms with Crippen LogP contribution in [0.15, 0.2) is 34.9 Å². The number of nitrogens with zero attached hydrogens (tertiary/aromatic N) is 3. The van der Waals surface area contributed by atoms with Gasteiger partial charge in [-0.3, -0.25) is 4.79 Å². The minimum Gasteiger partial charge on any atom is -0.394 e. The van der Waals surface area contributed by atoms with Crippen molar-refractivity contribution in [3.63, 3.8) is 0 Å². The summed E-state index contributed by atoms with van der Waals surface area (Å²) >= 11 is 0. The fourth-order valence-corrected chi connectivity index (χ4v) is 2.52. The molecule has 5 nitrogen and oxygen atoms in total.